The van der Waals surface area contributed by atoms with Gasteiger partial charge in [-0.05, 0) is 55.8 Å². The average Bonchev–Trinajstić information content (AvgIpc) is 3.47. The minimum Gasteiger partial charge on any atom is -0.382 e. The molecule has 0 unspecified atom stereocenters. The molecule has 0 spiro atoms. The molecular formula is C26H21FN8. The maximum Gasteiger partial charge on any atom is 0.178 e. The second kappa shape index (κ2) is 8.28. The molecule has 0 radical (unpaired) electrons. The van der Waals surface area contributed by atoms with Gasteiger partial charge in [0.1, 0.15) is 11.3 Å². The lowest BCUT2D eigenvalue weighted by atomic mass is 10.1. The minimum atomic E-state index is -0.302. The fourth-order valence-electron chi connectivity index (χ4n) is 4.14. The van der Waals surface area contributed by atoms with Crippen LogP contribution in [0.3, 0.4) is 0 Å². The van der Waals surface area contributed by atoms with Crippen LogP contribution in [-0.2, 0) is 0 Å². The van der Waals surface area contributed by atoms with Gasteiger partial charge in [-0.15, -0.1) is 0 Å². The molecule has 0 saturated heterocycles. The van der Waals surface area contributed by atoms with E-state index in [4.69, 9.17) is 4.98 Å². The first-order chi connectivity index (χ1) is 17.0. The van der Waals surface area contributed by atoms with E-state index in [1.165, 1.54) is 12.1 Å². The van der Waals surface area contributed by atoms with Crippen molar-refractivity contribution in [3.05, 3.63) is 72.9 Å². The molecule has 5 heterocycles. The number of hydrogen-bond acceptors (Lipinski definition) is 6. The second-order valence-corrected chi connectivity index (χ2v) is 8.58. The minimum absolute atomic E-state index is 0.293. The van der Waals surface area contributed by atoms with Crippen molar-refractivity contribution in [2.75, 3.05) is 5.32 Å². The number of fused-ring (bicyclic) bond motifs is 2. The highest BCUT2D eigenvalue weighted by atomic mass is 19.1. The largest absolute Gasteiger partial charge is 0.382 e. The predicted octanol–water partition coefficient (Wildman–Crippen LogP) is 5.58. The Labute approximate surface area is 199 Å². The summed E-state index contributed by atoms with van der Waals surface area (Å²) >= 11 is 0. The van der Waals surface area contributed by atoms with Crippen LogP contribution in [0.2, 0.25) is 0 Å². The van der Waals surface area contributed by atoms with Crippen molar-refractivity contribution >= 4 is 27.9 Å². The summed E-state index contributed by atoms with van der Waals surface area (Å²) in [6.45, 7) is 4.16. The zero-order valence-electron chi connectivity index (χ0n) is 19.0. The first-order valence-corrected chi connectivity index (χ1v) is 11.2. The third-order valence-electron chi connectivity index (χ3n) is 5.65. The number of nitrogens with zero attached hydrogens (tertiary/aromatic N) is 5. The highest BCUT2D eigenvalue weighted by Crippen LogP contribution is 2.31. The summed E-state index contributed by atoms with van der Waals surface area (Å²) in [5, 5.41) is 10.9. The maximum absolute atomic E-state index is 13.8. The number of aromatic nitrogens is 7. The van der Waals surface area contributed by atoms with Gasteiger partial charge in [0.15, 0.2) is 17.2 Å². The Morgan fingerprint density at radius 2 is 1.89 bits per heavy atom. The third-order valence-corrected chi connectivity index (χ3v) is 5.65. The van der Waals surface area contributed by atoms with Crippen molar-refractivity contribution in [1.29, 1.82) is 0 Å². The van der Waals surface area contributed by atoms with Gasteiger partial charge in [-0.1, -0.05) is 12.1 Å². The summed E-state index contributed by atoms with van der Waals surface area (Å²) in [5.74, 6) is 0.227. The molecular weight excluding hydrogens is 443 g/mol. The molecule has 3 N–H and O–H groups in total. The molecule has 172 valence electrons. The monoisotopic (exact) mass is 464 g/mol. The van der Waals surface area contributed by atoms with Gasteiger partial charge in [0.05, 0.1) is 22.4 Å². The van der Waals surface area contributed by atoms with Crippen LogP contribution in [-0.4, -0.2) is 41.2 Å². The van der Waals surface area contributed by atoms with E-state index < -0.39 is 0 Å². The number of benzene rings is 1. The lowest BCUT2D eigenvalue weighted by Gasteiger charge is -2.10. The Morgan fingerprint density at radius 1 is 0.971 bits per heavy atom. The Hall–Kier alpha value is -4.66. The molecule has 6 rings (SSSR count). The Morgan fingerprint density at radius 3 is 2.74 bits per heavy atom. The zero-order chi connectivity index (χ0) is 23.9. The van der Waals surface area contributed by atoms with Gasteiger partial charge in [0, 0.05) is 35.8 Å². The molecule has 6 aromatic rings. The SMILES string of the molecule is CC(C)Nc1cncc(-c2ccc3[nH]nc(-c4nc5nccc(-c6cccc(F)c6)c5[nH]4)c3n2)c1. The molecule has 0 aliphatic heterocycles. The van der Waals surface area contributed by atoms with E-state index in [0.29, 0.717) is 34.2 Å². The van der Waals surface area contributed by atoms with Gasteiger partial charge < -0.3 is 10.3 Å². The smallest absolute Gasteiger partial charge is 0.178 e. The van der Waals surface area contributed by atoms with Crippen LogP contribution in [0.15, 0.2) is 67.1 Å². The Balaban J connectivity index is 1.45. The Bertz CT molecular complexity index is 1680. The van der Waals surface area contributed by atoms with E-state index in [1.54, 1.807) is 24.7 Å². The van der Waals surface area contributed by atoms with Crippen LogP contribution in [0.25, 0.3) is 56.1 Å². The van der Waals surface area contributed by atoms with E-state index in [2.05, 4.69) is 49.3 Å². The molecule has 5 aromatic heterocycles. The number of pyridine rings is 3. The average molecular weight is 465 g/mol. The normalized spacial score (nSPS) is 11.5. The van der Waals surface area contributed by atoms with Crippen molar-refractivity contribution in [1.82, 2.24) is 35.1 Å². The third kappa shape index (κ3) is 3.86. The summed E-state index contributed by atoms with van der Waals surface area (Å²) in [5.41, 5.74) is 7.41. The van der Waals surface area contributed by atoms with Gasteiger partial charge in [-0.2, -0.15) is 5.10 Å². The fraction of sp³-hybridized carbons (Fsp3) is 0.115. The van der Waals surface area contributed by atoms with E-state index in [1.807, 2.05) is 30.3 Å². The van der Waals surface area contributed by atoms with Crippen LogP contribution < -0.4 is 5.32 Å². The number of aromatic amines is 2. The van der Waals surface area contributed by atoms with Crippen LogP contribution in [0.5, 0.6) is 0 Å². The zero-order valence-corrected chi connectivity index (χ0v) is 19.0. The summed E-state index contributed by atoms with van der Waals surface area (Å²) in [6.07, 6.45) is 5.25. The number of nitrogens with one attached hydrogen (secondary N) is 3. The van der Waals surface area contributed by atoms with Crippen LogP contribution in [0, 0.1) is 5.82 Å². The summed E-state index contributed by atoms with van der Waals surface area (Å²) in [7, 11) is 0. The number of hydrogen-bond donors (Lipinski definition) is 3. The van der Waals surface area contributed by atoms with Gasteiger partial charge in [-0.25, -0.2) is 19.3 Å². The standard InChI is InChI=1S/C26H21FN8/c1-14(2)30-18-11-16(12-28-13-18)20-6-7-21-23(31-20)24(35-34-21)26-32-22-19(8-9-29-25(22)33-26)15-4-3-5-17(27)10-15/h3-14,30H,1-2H3,(H,34,35)(H,29,32,33). The molecule has 0 saturated carbocycles. The molecule has 9 heteroatoms. The topological polar surface area (TPSA) is 108 Å². The first-order valence-electron chi connectivity index (χ1n) is 11.2. The number of anilines is 1. The van der Waals surface area contributed by atoms with Crippen LogP contribution in [0.4, 0.5) is 10.1 Å². The van der Waals surface area contributed by atoms with E-state index >= 15 is 0 Å². The van der Waals surface area contributed by atoms with Gasteiger partial charge in [0.25, 0.3) is 0 Å². The number of H-pyrrole nitrogens is 2. The molecule has 0 aliphatic carbocycles. The van der Waals surface area contributed by atoms with Crippen molar-refractivity contribution in [3.8, 4) is 33.9 Å². The van der Waals surface area contributed by atoms with Gasteiger partial charge >= 0.3 is 0 Å². The second-order valence-electron chi connectivity index (χ2n) is 8.58. The van der Waals surface area contributed by atoms with E-state index in [9.17, 15) is 4.39 Å². The molecule has 0 bridgehead atoms. The quantitative estimate of drug-likeness (QED) is 0.307. The molecule has 0 amide bonds. The number of imidazole rings is 1. The molecule has 8 nitrogen and oxygen atoms in total. The first kappa shape index (κ1) is 20.9. The summed E-state index contributed by atoms with van der Waals surface area (Å²) < 4.78 is 13.8. The van der Waals surface area contributed by atoms with Crippen LogP contribution in [0.1, 0.15) is 13.8 Å². The van der Waals surface area contributed by atoms with E-state index in [-0.39, 0.29) is 5.82 Å². The van der Waals surface area contributed by atoms with Crippen molar-refractivity contribution in [2.24, 2.45) is 0 Å². The molecule has 0 atom stereocenters. The number of halogens is 1. The maximum atomic E-state index is 13.8. The van der Waals surface area contributed by atoms with Crippen molar-refractivity contribution in [2.45, 2.75) is 19.9 Å². The van der Waals surface area contributed by atoms with Gasteiger partial charge in [0.2, 0.25) is 0 Å². The molecule has 0 aliphatic rings. The van der Waals surface area contributed by atoms with E-state index in [0.717, 1.165) is 33.6 Å². The molecule has 0 fully saturated rings. The predicted molar refractivity (Wildman–Crippen MR) is 134 cm³/mol. The van der Waals surface area contributed by atoms with Crippen molar-refractivity contribution < 1.29 is 4.39 Å². The Kier molecular flexibility index (Phi) is 4.95. The number of rotatable bonds is 5. The lowest BCUT2D eigenvalue weighted by molar-refractivity contribution is 0.628. The molecule has 1 aromatic carbocycles. The summed E-state index contributed by atoms with van der Waals surface area (Å²) in [4.78, 5) is 21.6. The highest BCUT2D eigenvalue weighted by molar-refractivity contribution is 5.95. The fourth-order valence-corrected chi connectivity index (χ4v) is 4.14. The molecule has 35 heavy (non-hydrogen) atoms. The highest BCUT2D eigenvalue weighted by Gasteiger charge is 2.17. The lowest BCUT2D eigenvalue weighted by Crippen LogP contribution is -2.09. The summed E-state index contributed by atoms with van der Waals surface area (Å²) in [6, 6.07) is 14.5. The van der Waals surface area contributed by atoms with Crippen molar-refractivity contribution in [3.63, 3.8) is 0 Å². The van der Waals surface area contributed by atoms with Crippen LogP contribution >= 0.6 is 0 Å². The van der Waals surface area contributed by atoms with Gasteiger partial charge in [-0.3, -0.25) is 10.1 Å².